The van der Waals surface area contributed by atoms with Gasteiger partial charge >= 0.3 is 17.9 Å². The molecule has 0 bridgehead atoms. The summed E-state index contributed by atoms with van der Waals surface area (Å²) in [7, 11) is 0. The molecule has 1 aliphatic heterocycles. The molecule has 0 aliphatic carbocycles. The van der Waals surface area contributed by atoms with Gasteiger partial charge < -0.3 is 43.4 Å². The quantitative estimate of drug-likeness (QED) is 0.0352. The van der Waals surface area contributed by atoms with E-state index in [2.05, 4.69) is 42.8 Å². The van der Waals surface area contributed by atoms with E-state index in [1.807, 2.05) is 0 Å². The van der Waals surface area contributed by atoms with Crippen LogP contribution in [0, 0.1) is 0 Å². The molecule has 13 heteroatoms. The first kappa shape index (κ1) is 64.1. The van der Waals surface area contributed by atoms with Crippen molar-refractivity contribution < 1.29 is 47.5 Å². The van der Waals surface area contributed by atoms with E-state index in [9.17, 15) is 14.4 Å². The van der Waals surface area contributed by atoms with Crippen LogP contribution >= 0.6 is 0 Å². The van der Waals surface area contributed by atoms with Crippen LogP contribution in [0.5, 0.6) is 0 Å². The molecule has 68 heavy (non-hydrogen) atoms. The molecule has 402 valence electrons. The average molecular weight is 970 g/mol. The third-order valence-corrected chi connectivity index (χ3v) is 12.6. The molecule has 1 fully saturated rings. The zero-order chi connectivity index (χ0) is 49.2. The van der Waals surface area contributed by atoms with E-state index in [0.29, 0.717) is 85.3 Å². The largest absolute Gasteiger partial charge is 0.464 e. The standard InChI is InChI=1S/C55H107N3O10/c1-5-9-13-27-42-62-47-51(48-63-43-28-14-10-6-2)67-54(60)31-23-19-17-21-25-36-57(38-33-53(59)66-46-41-58-39-34-56-35-40-58)37-26-22-18-20-24-32-55(61)68-52(49-64-44-29-15-11-7-3)50-65-45-30-16-12-8-4/h51-52,56H,5-50H2,1-4H3. The number of esters is 3. The van der Waals surface area contributed by atoms with Crippen molar-refractivity contribution in [3.63, 3.8) is 0 Å². The van der Waals surface area contributed by atoms with Crippen LogP contribution in [0.25, 0.3) is 0 Å². The number of piperazine rings is 1. The van der Waals surface area contributed by atoms with Crippen LogP contribution in [0.4, 0.5) is 0 Å². The maximum atomic E-state index is 12.8. The molecule has 0 unspecified atom stereocenters. The number of hydrogen-bond acceptors (Lipinski definition) is 13. The Bertz CT molecular complexity index is 1020. The normalized spacial score (nSPS) is 13.3. The Morgan fingerprint density at radius 1 is 0.426 bits per heavy atom. The number of ether oxygens (including phenoxy) is 7. The third-order valence-electron chi connectivity index (χ3n) is 12.6. The molecule has 0 aromatic heterocycles. The maximum Gasteiger partial charge on any atom is 0.307 e. The monoisotopic (exact) mass is 970 g/mol. The summed E-state index contributed by atoms with van der Waals surface area (Å²) in [6, 6.07) is 0. The van der Waals surface area contributed by atoms with Crippen molar-refractivity contribution in [1.82, 2.24) is 15.1 Å². The van der Waals surface area contributed by atoms with E-state index in [0.717, 1.165) is 161 Å². The summed E-state index contributed by atoms with van der Waals surface area (Å²) in [5.74, 6) is -0.453. The number of hydrogen-bond donors (Lipinski definition) is 1. The maximum absolute atomic E-state index is 12.8. The highest BCUT2D eigenvalue weighted by molar-refractivity contribution is 5.70. The smallest absolute Gasteiger partial charge is 0.307 e. The van der Waals surface area contributed by atoms with Crippen LogP contribution in [0.15, 0.2) is 0 Å². The fourth-order valence-electron chi connectivity index (χ4n) is 8.26. The topological polar surface area (TPSA) is 134 Å². The zero-order valence-corrected chi connectivity index (χ0v) is 44.7. The molecule has 0 atom stereocenters. The van der Waals surface area contributed by atoms with Gasteiger partial charge in [-0.1, -0.05) is 143 Å². The number of nitrogens with one attached hydrogen (secondary N) is 1. The highest BCUT2D eigenvalue weighted by atomic mass is 16.6. The minimum atomic E-state index is -0.358. The summed E-state index contributed by atoms with van der Waals surface area (Å²) in [5, 5.41) is 3.37. The van der Waals surface area contributed by atoms with E-state index >= 15 is 0 Å². The summed E-state index contributed by atoms with van der Waals surface area (Å²) < 4.78 is 40.9. The van der Waals surface area contributed by atoms with Crippen LogP contribution in [0.1, 0.15) is 214 Å². The van der Waals surface area contributed by atoms with Crippen molar-refractivity contribution in [2.45, 2.75) is 226 Å². The number of nitrogens with zero attached hydrogens (tertiary/aromatic N) is 2. The van der Waals surface area contributed by atoms with Gasteiger partial charge in [0.25, 0.3) is 0 Å². The lowest BCUT2D eigenvalue weighted by molar-refractivity contribution is -0.157. The molecule has 0 amide bonds. The Balaban J connectivity index is 2.47. The first-order valence-electron chi connectivity index (χ1n) is 28.4. The first-order valence-corrected chi connectivity index (χ1v) is 28.4. The molecule has 1 saturated heterocycles. The second kappa shape index (κ2) is 50.1. The zero-order valence-electron chi connectivity index (χ0n) is 44.7. The van der Waals surface area contributed by atoms with Gasteiger partial charge in [0, 0.05) is 78.5 Å². The lowest BCUT2D eigenvalue weighted by Crippen LogP contribution is -2.44. The van der Waals surface area contributed by atoms with Gasteiger partial charge in [0.05, 0.1) is 32.8 Å². The third kappa shape index (κ3) is 43.0. The SMILES string of the molecule is CCCCCCOCC(COCCCCCC)OC(=O)CCCCCCCN(CCCCCCCC(=O)OC(COCCCCCC)COCCCCCC)CCC(=O)OCCN1CCNCC1. The molecule has 13 nitrogen and oxygen atoms in total. The molecule has 1 heterocycles. The minimum Gasteiger partial charge on any atom is -0.464 e. The van der Waals surface area contributed by atoms with E-state index < -0.39 is 0 Å². The molecule has 1 N–H and O–H groups in total. The van der Waals surface area contributed by atoms with Crippen molar-refractivity contribution >= 4 is 17.9 Å². The molecule has 0 aromatic rings. The van der Waals surface area contributed by atoms with Gasteiger partial charge in [0.2, 0.25) is 0 Å². The van der Waals surface area contributed by atoms with Gasteiger partial charge in [-0.05, 0) is 64.5 Å². The van der Waals surface area contributed by atoms with E-state index in [1.165, 1.54) is 51.4 Å². The van der Waals surface area contributed by atoms with Crippen LogP contribution in [0.2, 0.25) is 0 Å². The number of carbonyl (C=O) groups excluding carboxylic acids is 3. The Kier molecular flexibility index (Phi) is 47.2. The molecular weight excluding hydrogens is 863 g/mol. The molecule has 0 radical (unpaired) electrons. The highest BCUT2D eigenvalue weighted by Gasteiger charge is 2.18. The van der Waals surface area contributed by atoms with Gasteiger partial charge in [-0.2, -0.15) is 0 Å². The predicted octanol–water partition coefficient (Wildman–Crippen LogP) is 11.0. The van der Waals surface area contributed by atoms with Crippen molar-refractivity contribution in [2.75, 3.05) is 112 Å². The van der Waals surface area contributed by atoms with Gasteiger partial charge in [0.1, 0.15) is 18.8 Å². The molecule has 0 saturated carbocycles. The van der Waals surface area contributed by atoms with Gasteiger partial charge in [-0.25, -0.2) is 0 Å². The summed E-state index contributed by atoms with van der Waals surface area (Å²) >= 11 is 0. The average Bonchev–Trinajstić information content (AvgIpc) is 3.34. The van der Waals surface area contributed by atoms with Crippen molar-refractivity contribution in [3.05, 3.63) is 0 Å². The van der Waals surface area contributed by atoms with Gasteiger partial charge in [-0.3, -0.25) is 19.3 Å². The summed E-state index contributed by atoms with van der Waals surface area (Å²) in [6.07, 6.45) is 28.9. The summed E-state index contributed by atoms with van der Waals surface area (Å²) in [4.78, 5) is 43.1. The predicted molar refractivity (Wildman–Crippen MR) is 276 cm³/mol. The number of carbonyl (C=O) groups is 3. The van der Waals surface area contributed by atoms with Crippen LogP contribution in [0.3, 0.4) is 0 Å². The van der Waals surface area contributed by atoms with E-state index in [4.69, 9.17) is 33.2 Å². The van der Waals surface area contributed by atoms with Crippen molar-refractivity contribution in [3.8, 4) is 0 Å². The first-order chi connectivity index (χ1) is 33.4. The fourth-order valence-corrected chi connectivity index (χ4v) is 8.26. The molecule has 1 rings (SSSR count). The Morgan fingerprint density at radius 3 is 1.19 bits per heavy atom. The van der Waals surface area contributed by atoms with Gasteiger partial charge in [-0.15, -0.1) is 0 Å². The molecule has 0 spiro atoms. The van der Waals surface area contributed by atoms with Crippen LogP contribution < -0.4 is 5.32 Å². The Morgan fingerprint density at radius 2 is 0.794 bits per heavy atom. The Labute approximate surface area is 417 Å². The minimum absolute atomic E-state index is 0.123. The molecule has 1 aliphatic rings. The van der Waals surface area contributed by atoms with Crippen LogP contribution in [-0.2, 0) is 47.5 Å². The number of unbranched alkanes of at least 4 members (excludes halogenated alkanes) is 20. The summed E-state index contributed by atoms with van der Waals surface area (Å²) in [5.41, 5.74) is 0. The lowest BCUT2D eigenvalue weighted by atomic mass is 10.1. The second-order valence-electron chi connectivity index (χ2n) is 19.2. The van der Waals surface area contributed by atoms with E-state index in [1.54, 1.807) is 0 Å². The Hall–Kier alpha value is -1.87. The van der Waals surface area contributed by atoms with Crippen molar-refractivity contribution in [1.29, 1.82) is 0 Å². The summed E-state index contributed by atoms with van der Waals surface area (Å²) in [6.45, 7) is 20.9. The van der Waals surface area contributed by atoms with Gasteiger partial charge in [0.15, 0.2) is 0 Å². The molecule has 0 aromatic carbocycles. The fraction of sp³-hybridized carbons (Fsp3) is 0.945. The number of rotatable bonds is 52. The highest BCUT2D eigenvalue weighted by Crippen LogP contribution is 2.13. The lowest BCUT2D eigenvalue weighted by Gasteiger charge is -2.26. The molecular formula is C55H107N3O10. The second-order valence-corrected chi connectivity index (χ2v) is 19.2. The van der Waals surface area contributed by atoms with E-state index in [-0.39, 0.29) is 30.1 Å². The van der Waals surface area contributed by atoms with Crippen LogP contribution in [-0.4, -0.2) is 152 Å². The van der Waals surface area contributed by atoms with Crippen molar-refractivity contribution in [2.24, 2.45) is 0 Å².